The zero-order valence-corrected chi connectivity index (χ0v) is 15.4. The van der Waals surface area contributed by atoms with Gasteiger partial charge < -0.3 is 10.2 Å². The monoisotopic (exact) mass is 358 g/mol. The molecule has 0 saturated carbocycles. The average Bonchev–Trinajstić information content (AvgIpc) is 2.72. The fraction of sp³-hybridized carbons (Fsp3) is 0.227. The summed E-state index contributed by atoms with van der Waals surface area (Å²) in [6.07, 6.45) is 0.981. The van der Waals surface area contributed by atoms with Crippen molar-refractivity contribution in [2.45, 2.75) is 26.4 Å². The number of nitrogens with zero attached hydrogens (tertiary/aromatic N) is 3. The molecule has 1 aliphatic heterocycles. The van der Waals surface area contributed by atoms with Crippen molar-refractivity contribution in [1.82, 2.24) is 15.3 Å². The molecule has 0 atom stereocenters. The van der Waals surface area contributed by atoms with E-state index in [1.54, 1.807) is 6.07 Å². The molecule has 2 aromatic carbocycles. The molecule has 136 valence electrons. The van der Waals surface area contributed by atoms with Crippen LogP contribution in [0.3, 0.4) is 0 Å². The summed E-state index contributed by atoms with van der Waals surface area (Å²) in [5.74, 6) is 1.24. The first-order valence-corrected chi connectivity index (χ1v) is 9.18. The lowest BCUT2D eigenvalue weighted by atomic mass is 10.00. The lowest BCUT2D eigenvalue weighted by molar-refractivity contribution is 0.0945. The van der Waals surface area contributed by atoms with Crippen LogP contribution < -0.4 is 10.2 Å². The molecule has 27 heavy (non-hydrogen) atoms. The minimum Gasteiger partial charge on any atom is -0.352 e. The average molecular weight is 358 g/mol. The molecule has 0 saturated heterocycles. The molecule has 2 heterocycles. The number of rotatable bonds is 4. The Kier molecular flexibility index (Phi) is 4.83. The topological polar surface area (TPSA) is 58.1 Å². The van der Waals surface area contributed by atoms with Gasteiger partial charge in [0.15, 0.2) is 0 Å². The van der Waals surface area contributed by atoms with E-state index in [-0.39, 0.29) is 5.91 Å². The van der Waals surface area contributed by atoms with Gasteiger partial charge in [0, 0.05) is 25.7 Å². The van der Waals surface area contributed by atoms with Crippen molar-refractivity contribution in [2.24, 2.45) is 0 Å². The van der Waals surface area contributed by atoms with Crippen LogP contribution in [-0.2, 0) is 19.5 Å². The van der Waals surface area contributed by atoms with Gasteiger partial charge in [-0.3, -0.25) is 4.79 Å². The highest BCUT2D eigenvalue weighted by atomic mass is 16.1. The molecule has 5 nitrogen and oxygen atoms in total. The van der Waals surface area contributed by atoms with Crippen molar-refractivity contribution in [3.8, 4) is 0 Å². The summed E-state index contributed by atoms with van der Waals surface area (Å²) in [5.41, 5.74) is 4.17. The number of benzene rings is 2. The second kappa shape index (κ2) is 7.58. The molecule has 0 radical (unpaired) electrons. The summed E-state index contributed by atoms with van der Waals surface area (Å²) in [6, 6.07) is 20.1. The lowest BCUT2D eigenvalue weighted by Gasteiger charge is -2.30. The lowest BCUT2D eigenvalue weighted by Crippen LogP contribution is -2.32. The van der Waals surface area contributed by atoms with Crippen molar-refractivity contribution in [2.75, 3.05) is 11.4 Å². The molecule has 0 fully saturated rings. The van der Waals surface area contributed by atoms with Gasteiger partial charge in [0.2, 0.25) is 0 Å². The Morgan fingerprint density at radius 1 is 1.04 bits per heavy atom. The Morgan fingerprint density at radius 3 is 2.59 bits per heavy atom. The summed E-state index contributed by atoms with van der Waals surface area (Å²) in [7, 11) is 0. The van der Waals surface area contributed by atoms with E-state index in [2.05, 4.69) is 44.5 Å². The summed E-state index contributed by atoms with van der Waals surface area (Å²) >= 11 is 0. The number of hydrogen-bond donors (Lipinski definition) is 1. The predicted octanol–water partition coefficient (Wildman–Crippen LogP) is 3.28. The number of carbonyl (C=O) groups is 1. The minimum atomic E-state index is -0.178. The highest BCUT2D eigenvalue weighted by molar-refractivity contribution is 5.92. The summed E-state index contributed by atoms with van der Waals surface area (Å²) in [4.78, 5) is 23.7. The molecule has 0 aliphatic carbocycles. The molecule has 3 aromatic rings. The highest BCUT2D eigenvalue weighted by Crippen LogP contribution is 2.23. The zero-order valence-electron chi connectivity index (χ0n) is 15.4. The minimum absolute atomic E-state index is 0.178. The quantitative estimate of drug-likeness (QED) is 0.778. The van der Waals surface area contributed by atoms with Crippen LogP contribution in [0.4, 0.5) is 5.82 Å². The van der Waals surface area contributed by atoms with E-state index >= 15 is 0 Å². The molecule has 5 heteroatoms. The van der Waals surface area contributed by atoms with E-state index in [0.29, 0.717) is 18.1 Å². The van der Waals surface area contributed by atoms with E-state index in [1.807, 2.05) is 37.3 Å². The van der Waals surface area contributed by atoms with Crippen LogP contribution in [-0.4, -0.2) is 22.4 Å². The van der Waals surface area contributed by atoms with Gasteiger partial charge in [-0.2, -0.15) is 0 Å². The van der Waals surface area contributed by atoms with Crippen molar-refractivity contribution >= 4 is 11.7 Å². The molecule has 1 N–H and O–H groups in total. The van der Waals surface area contributed by atoms with E-state index < -0.39 is 0 Å². The second-order valence-corrected chi connectivity index (χ2v) is 6.77. The highest BCUT2D eigenvalue weighted by Gasteiger charge is 2.19. The van der Waals surface area contributed by atoms with Gasteiger partial charge in [-0.05, 0) is 30.0 Å². The van der Waals surface area contributed by atoms with E-state index in [0.717, 1.165) is 30.9 Å². The molecule has 1 amide bonds. The third-order valence-corrected chi connectivity index (χ3v) is 4.81. The van der Waals surface area contributed by atoms with E-state index in [9.17, 15) is 4.79 Å². The van der Waals surface area contributed by atoms with Crippen molar-refractivity contribution < 1.29 is 4.79 Å². The third-order valence-electron chi connectivity index (χ3n) is 4.81. The maximum Gasteiger partial charge on any atom is 0.270 e. The molecule has 0 bridgehead atoms. The van der Waals surface area contributed by atoms with Crippen molar-refractivity contribution in [3.05, 3.63) is 88.9 Å². The Bertz CT molecular complexity index is 956. The van der Waals surface area contributed by atoms with Gasteiger partial charge >= 0.3 is 0 Å². The van der Waals surface area contributed by atoms with Crippen molar-refractivity contribution in [1.29, 1.82) is 0 Å². The maximum atomic E-state index is 12.6. The zero-order chi connectivity index (χ0) is 18.6. The smallest absolute Gasteiger partial charge is 0.270 e. The van der Waals surface area contributed by atoms with Crippen LogP contribution in [0.1, 0.15) is 33.0 Å². The Balaban J connectivity index is 1.51. The van der Waals surface area contributed by atoms with Gasteiger partial charge in [0.05, 0.1) is 0 Å². The van der Waals surface area contributed by atoms with Crippen LogP contribution >= 0.6 is 0 Å². The number of hydrogen-bond acceptors (Lipinski definition) is 4. The first-order valence-electron chi connectivity index (χ1n) is 9.18. The van der Waals surface area contributed by atoms with Gasteiger partial charge in [0.1, 0.15) is 17.3 Å². The number of anilines is 1. The van der Waals surface area contributed by atoms with E-state index in [1.165, 1.54) is 11.1 Å². The Hall–Kier alpha value is -3.21. The van der Waals surface area contributed by atoms with Gasteiger partial charge in [-0.15, -0.1) is 0 Å². The molecule has 0 unspecified atom stereocenters. The first kappa shape index (κ1) is 17.2. The van der Waals surface area contributed by atoms with E-state index in [4.69, 9.17) is 0 Å². The molecule has 0 spiro atoms. The largest absolute Gasteiger partial charge is 0.352 e. The standard InChI is InChI=1S/C22H22N4O/c1-16-24-20(22(27)23-14-17-7-3-2-4-8-17)13-21(25-16)26-12-11-18-9-5-6-10-19(18)15-26/h2-10,13H,11-12,14-15H2,1H3,(H,23,27). The Morgan fingerprint density at radius 2 is 1.78 bits per heavy atom. The summed E-state index contributed by atoms with van der Waals surface area (Å²) < 4.78 is 0. The van der Waals surface area contributed by atoms with Crippen LogP contribution in [0.15, 0.2) is 60.7 Å². The van der Waals surface area contributed by atoms with Gasteiger partial charge in [0.25, 0.3) is 5.91 Å². The SMILES string of the molecule is Cc1nc(C(=O)NCc2ccccc2)cc(N2CCc3ccccc3C2)n1. The van der Waals surface area contributed by atoms with Gasteiger partial charge in [-0.25, -0.2) is 9.97 Å². The number of carbonyl (C=O) groups excluding carboxylic acids is 1. The maximum absolute atomic E-state index is 12.6. The number of amides is 1. The van der Waals surface area contributed by atoms with Crippen LogP contribution in [0.2, 0.25) is 0 Å². The normalized spacial score (nSPS) is 13.1. The molecular formula is C22H22N4O. The fourth-order valence-electron chi connectivity index (χ4n) is 3.39. The number of aromatic nitrogens is 2. The summed E-state index contributed by atoms with van der Waals surface area (Å²) in [5, 5.41) is 2.94. The van der Waals surface area contributed by atoms with Gasteiger partial charge in [-0.1, -0.05) is 54.6 Å². The molecule has 1 aromatic heterocycles. The van der Waals surface area contributed by atoms with Crippen LogP contribution in [0.5, 0.6) is 0 Å². The molecule has 1 aliphatic rings. The second-order valence-electron chi connectivity index (χ2n) is 6.77. The number of fused-ring (bicyclic) bond motifs is 1. The van der Waals surface area contributed by atoms with Crippen LogP contribution in [0.25, 0.3) is 0 Å². The van der Waals surface area contributed by atoms with Crippen LogP contribution in [0, 0.1) is 6.92 Å². The molecular weight excluding hydrogens is 336 g/mol. The third kappa shape index (κ3) is 3.97. The summed E-state index contributed by atoms with van der Waals surface area (Å²) in [6.45, 7) is 4.00. The number of nitrogens with one attached hydrogen (secondary N) is 1. The fourth-order valence-corrected chi connectivity index (χ4v) is 3.39. The first-order chi connectivity index (χ1) is 13.2. The Labute approximate surface area is 159 Å². The number of aryl methyl sites for hydroxylation is 1. The van der Waals surface area contributed by atoms with Crippen molar-refractivity contribution in [3.63, 3.8) is 0 Å². The molecule has 4 rings (SSSR count). The predicted molar refractivity (Wildman–Crippen MR) is 106 cm³/mol.